The van der Waals surface area contributed by atoms with Crippen molar-refractivity contribution < 1.29 is 0 Å². The van der Waals surface area contributed by atoms with Crippen molar-refractivity contribution in [2.75, 3.05) is 0 Å². The summed E-state index contributed by atoms with van der Waals surface area (Å²) >= 11 is 1.88. The molecule has 0 fully saturated rings. The van der Waals surface area contributed by atoms with Gasteiger partial charge in [-0.2, -0.15) is 0 Å². The summed E-state index contributed by atoms with van der Waals surface area (Å²) in [5, 5.41) is 7.62. The van der Waals surface area contributed by atoms with Gasteiger partial charge in [-0.15, -0.1) is 11.3 Å². The molecule has 0 amide bonds. The van der Waals surface area contributed by atoms with Crippen molar-refractivity contribution in [1.82, 2.24) is 9.13 Å². The van der Waals surface area contributed by atoms with E-state index in [0.29, 0.717) is 0 Å². The molecule has 0 bridgehead atoms. The largest absolute Gasteiger partial charge is 0.309 e. The predicted molar refractivity (Wildman–Crippen MR) is 245 cm³/mol. The number of aromatic nitrogens is 2. The van der Waals surface area contributed by atoms with Crippen molar-refractivity contribution >= 4 is 75.1 Å². The first-order valence-corrected chi connectivity index (χ1v) is 20.8. The molecule has 2 nitrogen and oxygen atoms in total. The lowest BCUT2D eigenvalue weighted by molar-refractivity contribution is 0.770. The molecule has 3 heterocycles. The Balaban J connectivity index is 1.11. The Morgan fingerprint density at radius 1 is 0.345 bits per heavy atom. The Kier molecular flexibility index (Phi) is 6.56. The summed E-state index contributed by atoms with van der Waals surface area (Å²) in [6.07, 6.45) is 0. The van der Waals surface area contributed by atoms with Crippen molar-refractivity contribution in [2.45, 2.75) is 5.41 Å². The van der Waals surface area contributed by atoms with Gasteiger partial charge >= 0.3 is 0 Å². The third kappa shape index (κ3) is 4.11. The SMILES string of the molecule is c1ccc(C2(c3ccc4c(c3)c3ccccc3n4-c3cccc4c3c3ccccc3n4-c3cccc4c3sc3ccccc34)c3ccccc3-c3ccccc32)cc1. The zero-order chi connectivity index (χ0) is 38.0. The third-order valence-corrected chi connectivity index (χ3v) is 14.0. The van der Waals surface area contributed by atoms with Crippen LogP contribution in [0.25, 0.3) is 86.3 Å². The van der Waals surface area contributed by atoms with E-state index in [9.17, 15) is 0 Å². The maximum absolute atomic E-state index is 2.51. The van der Waals surface area contributed by atoms with Crippen LogP contribution in [0.5, 0.6) is 0 Å². The summed E-state index contributed by atoms with van der Waals surface area (Å²) in [6, 6.07) is 76.7. The van der Waals surface area contributed by atoms with Crippen molar-refractivity contribution in [3.8, 4) is 22.5 Å². The minimum atomic E-state index is -0.465. The monoisotopic (exact) mass is 754 g/mol. The van der Waals surface area contributed by atoms with Crippen LogP contribution in [0.15, 0.2) is 206 Å². The van der Waals surface area contributed by atoms with Crippen LogP contribution in [0, 0.1) is 0 Å². The number of fused-ring (bicyclic) bond motifs is 12. The maximum atomic E-state index is 2.51. The van der Waals surface area contributed by atoms with E-state index in [4.69, 9.17) is 0 Å². The van der Waals surface area contributed by atoms with Gasteiger partial charge in [0.2, 0.25) is 0 Å². The minimum Gasteiger partial charge on any atom is -0.309 e. The van der Waals surface area contributed by atoms with Gasteiger partial charge in [0.05, 0.1) is 43.6 Å². The van der Waals surface area contributed by atoms with Crippen molar-refractivity contribution in [3.05, 3.63) is 229 Å². The second-order valence-electron chi connectivity index (χ2n) is 15.6. The molecule has 0 aliphatic heterocycles. The van der Waals surface area contributed by atoms with Gasteiger partial charge in [-0.3, -0.25) is 0 Å². The molecule has 0 N–H and O–H groups in total. The third-order valence-electron chi connectivity index (χ3n) is 12.8. The average molecular weight is 755 g/mol. The highest BCUT2D eigenvalue weighted by Gasteiger charge is 2.46. The number of thiophene rings is 1. The van der Waals surface area contributed by atoms with E-state index in [1.165, 1.54) is 109 Å². The van der Waals surface area contributed by atoms with Crippen LogP contribution in [0.2, 0.25) is 0 Å². The Bertz CT molecular complexity index is 3590. The number of nitrogens with zero attached hydrogens (tertiary/aromatic N) is 2. The van der Waals surface area contributed by atoms with Crippen LogP contribution < -0.4 is 0 Å². The molecule has 270 valence electrons. The van der Waals surface area contributed by atoms with Gasteiger partial charge in [0, 0.05) is 37.0 Å². The normalized spacial score (nSPS) is 13.3. The number of hydrogen-bond donors (Lipinski definition) is 0. The number of rotatable bonds is 4. The first-order valence-electron chi connectivity index (χ1n) is 20.0. The van der Waals surface area contributed by atoms with Crippen molar-refractivity contribution in [2.24, 2.45) is 0 Å². The topological polar surface area (TPSA) is 9.86 Å². The van der Waals surface area contributed by atoms with Gasteiger partial charge in [-0.25, -0.2) is 0 Å². The smallest absolute Gasteiger partial charge is 0.0713 e. The molecule has 0 spiro atoms. The first kappa shape index (κ1) is 31.9. The number of benzene rings is 9. The summed E-state index contributed by atoms with van der Waals surface area (Å²) in [4.78, 5) is 0. The molecule has 0 atom stereocenters. The number of hydrogen-bond acceptors (Lipinski definition) is 1. The van der Waals surface area contributed by atoms with Gasteiger partial charge in [-0.1, -0.05) is 158 Å². The zero-order valence-electron chi connectivity index (χ0n) is 31.4. The molecule has 9 aromatic carbocycles. The summed E-state index contributed by atoms with van der Waals surface area (Å²) in [6.45, 7) is 0. The van der Waals surface area contributed by atoms with Crippen LogP contribution in [-0.2, 0) is 5.41 Å². The lowest BCUT2D eigenvalue weighted by atomic mass is 9.67. The van der Waals surface area contributed by atoms with E-state index < -0.39 is 5.41 Å². The van der Waals surface area contributed by atoms with Gasteiger partial charge in [0.1, 0.15) is 0 Å². The van der Waals surface area contributed by atoms with E-state index in [-0.39, 0.29) is 0 Å². The van der Waals surface area contributed by atoms with E-state index in [1.807, 2.05) is 11.3 Å². The Morgan fingerprint density at radius 3 is 1.69 bits per heavy atom. The zero-order valence-corrected chi connectivity index (χ0v) is 32.2. The molecule has 0 unspecified atom stereocenters. The van der Waals surface area contributed by atoms with E-state index in [1.54, 1.807) is 0 Å². The molecule has 0 saturated carbocycles. The predicted octanol–water partition coefficient (Wildman–Crippen LogP) is 14.6. The maximum Gasteiger partial charge on any atom is 0.0713 e. The van der Waals surface area contributed by atoms with E-state index in [0.717, 1.165) is 0 Å². The molecule has 0 radical (unpaired) electrons. The summed E-state index contributed by atoms with van der Waals surface area (Å²) in [5.74, 6) is 0. The van der Waals surface area contributed by atoms with Crippen molar-refractivity contribution in [3.63, 3.8) is 0 Å². The highest BCUT2D eigenvalue weighted by atomic mass is 32.1. The minimum absolute atomic E-state index is 0.465. The summed E-state index contributed by atoms with van der Waals surface area (Å²) < 4.78 is 7.63. The van der Waals surface area contributed by atoms with Crippen LogP contribution >= 0.6 is 11.3 Å². The second-order valence-corrected chi connectivity index (χ2v) is 16.6. The summed E-state index contributed by atoms with van der Waals surface area (Å²) in [7, 11) is 0. The second kappa shape index (κ2) is 11.9. The standard InChI is InChI=1S/C55H34N2S/c1-2-16-35(17-3-1)55(44-24-9-4-18-37(44)38-19-5-10-25-45(38)55)36-32-33-48-43(34-36)39-20-6-11-26-46(39)56(48)49-28-15-29-50-53(49)42-22-7-12-27-47(42)57(50)51-30-14-23-41-40-21-8-13-31-52(40)58-54(41)51/h1-34H. The quantitative estimate of drug-likeness (QED) is 0.169. The fourth-order valence-electron chi connectivity index (χ4n) is 10.5. The Morgan fingerprint density at radius 2 is 0.897 bits per heavy atom. The lowest BCUT2D eigenvalue weighted by Crippen LogP contribution is -2.28. The molecule has 0 saturated heterocycles. The molecule has 1 aliphatic carbocycles. The molecular formula is C55H34N2S. The Labute approximate surface area is 339 Å². The van der Waals surface area contributed by atoms with E-state index in [2.05, 4.69) is 215 Å². The highest BCUT2D eigenvalue weighted by molar-refractivity contribution is 7.26. The van der Waals surface area contributed by atoms with Crippen LogP contribution in [0.4, 0.5) is 0 Å². The van der Waals surface area contributed by atoms with Crippen LogP contribution in [-0.4, -0.2) is 9.13 Å². The molecule has 3 heteroatoms. The summed E-state index contributed by atoms with van der Waals surface area (Å²) in [5.41, 5.74) is 14.6. The van der Waals surface area contributed by atoms with Crippen LogP contribution in [0.3, 0.4) is 0 Å². The van der Waals surface area contributed by atoms with Gasteiger partial charge in [-0.05, 0) is 81.9 Å². The molecule has 1 aliphatic rings. The van der Waals surface area contributed by atoms with Gasteiger partial charge < -0.3 is 9.13 Å². The first-order chi connectivity index (χ1) is 28.8. The fraction of sp³-hybridized carbons (Fsp3) is 0.0182. The lowest BCUT2D eigenvalue weighted by Gasteiger charge is -2.34. The van der Waals surface area contributed by atoms with Gasteiger partial charge in [0.15, 0.2) is 0 Å². The molecule has 3 aromatic heterocycles. The van der Waals surface area contributed by atoms with Gasteiger partial charge in [0.25, 0.3) is 0 Å². The molecular weight excluding hydrogens is 721 g/mol. The highest BCUT2D eigenvalue weighted by Crippen LogP contribution is 2.56. The molecule has 13 rings (SSSR count). The van der Waals surface area contributed by atoms with Crippen molar-refractivity contribution in [1.29, 1.82) is 0 Å². The van der Waals surface area contributed by atoms with Crippen LogP contribution in [0.1, 0.15) is 22.3 Å². The molecule has 58 heavy (non-hydrogen) atoms. The van der Waals surface area contributed by atoms with E-state index >= 15 is 0 Å². The fourth-order valence-corrected chi connectivity index (χ4v) is 11.7. The molecule has 12 aromatic rings. The number of para-hydroxylation sites is 2. The Hall–Kier alpha value is -7.20. The average Bonchev–Trinajstić information content (AvgIpc) is 4.02.